The highest BCUT2D eigenvalue weighted by Gasteiger charge is 2.10. The van der Waals surface area contributed by atoms with Crippen molar-refractivity contribution >= 4 is 16.6 Å². The van der Waals surface area contributed by atoms with E-state index >= 15 is 0 Å². The lowest BCUT2D eigenvalue weighted by Gasteiger charge is -2.19. The van der Waals surface area contributed by atoms with Crippen molar-refractivity contribution in [3.8, 4) is 0 Å². The Morgan fingerprint density at radius 2 is 2.16 bits per heavy atom. The Morgan fingerprint density at radius 3 is 2.84 bits per heavy atom. The maximum absolute atomic E-state index is 13.4. The highest BCUT2D eigenvalue weighted by molar-refractivity contribution is 5.91. The molecule has 2 aromatic rings. The first-order valence-electron chi connectivity index (χ1n) is 6.58. The third-order valence-electron chi connectivity index (χ3n) is 3.23. The number of hydrogen-bond donors (Lipinski definition) is 2. The van der Waals surface area contributed by atoms with Crippen LogP contribution in [0, 0.1) is 12.7 Å². The van der Waals surface area contributed by atoms with E-state index in [1.54, 1.807) is 6.07 Å². The summed E-state index contributed by atoms with van der Waals surface area (Å²) in [5, 5.41) is 13.2. The van der Waals surface area contributed by atoms with Crippen molar-refractivity contribution in [2.24, 2.45) is 0 Å². The van der Waals surface area contributed by atoms with E-state index in [9.17, 15) is 4.39 Å². The fourth-order valence-electron chi connectivity index (χ4n) is 2.20. The number of aliphatic hydroxyl groups is 1. The number of aliphatic hydroxyl groups excluding tert-OH is 1. The van der Waals surface area contributed by atoms with Gasteiger partial charge in [-0.3, -0.25) is 4.98 Å². The van der Waals surface area contributed by atoms with Crippen LogP contribution >= 0.6 is 0 Å². The van der Waals surface area contributed by atoms with Crippen LogP contribution in [0.15, 0.2) is 24.3 Å². The van der Waals surface area contributed by atoms with Gasteiger partial charge in [0.15, 0.2) is 0 Å². The fourth-order valence-corrected chi connectivity index (χ4v) is 2.20. The predicted octanol–water partition coefficient (Wildman–Crippen LogP) is 3.26. The first kappa shape index (κ1) is 13.7. The van der Waals surface area contributed by atoms with Crippen LogP contribution in [0.2, 0.25) is 0 Å². The van der Waals surface area contributed by atoms with Gasteiger partial charge in [0.05, 0.1) is 5.52 Å². The van der Waals surface area contributed by atoms with E-state index in [-0.39, 0.29) is 18.5 Å². The molecule has 0 aliphatic rings. The lowest BCUT2D eigenvalue weighted by molar-refractivity contribution is 0.278. The molecule has 1 aromatic heterocycles. The third kappa shape index (κ3) is 3.20. The largest absolute Gasteiger partial charge is 0.396 e. The number of rotatable bonds is 5. The molecule has 0 aliphatic heterocycles. The number of nitrogens with zero attached hydrogens (tertiary/aromatic N) is 1. The van der Waals surface area contributed by atoms with Gasteiger partial charge in [-0.15, -0.1) is 0 Å². The van der Waals surface area contributed by atoms with Gasteiger partial charge in [0, 0.05) is 29.4 Å². The maximum atomic E-state index is 13.4. The zero-order valence-electron chi connectivity index (χ0n) is 11.3. The zero-order chi connectivity index (χ0) is 13.8. The number of fused-ring (bicyclic) bond motifs is 1. The van der Waals surface area contributed by atoms with Crippen LogP contribution in [-0.2, 0) is 0 Å². The molecule has 0 saturated heterocycles. The predicted molar refractivity (Wildman–Crippen MR) is 75.8 cm³/mol. The average molecular weight is 262 g/mol. The maximum Gasteiger partial charge on any atom is 0.124 e. The van der Waals surface area contributed by atoms with Crippen molar-refractivity contribution < 1.29 is 9.50 Å². The number of hydrogen-bond acceptors (Lipinski definition) is 3. The number of benzene rings is 1. The van der Waals surface area contributed by atoms with Crippen LogP contribution in [0.25, 0.3) is 10.9 Å². The fraction of sp³-hybridized carbons (Fsp3) is 0.400. The van der Waals surface area contributed by atoms with E-state index in [1.807, 2.05) is 13.0 Å². The molecule has 0 amide bonds. The second-order valence-electron chi connectivity index (χ2n) is 4.73. The zero-order valence-corrected chi connectivity index (χ0v) is 11.3. The van der Waals surface area contributed by atoms with Gasteiger partial charge in [-0.25, -0.2) is 4.39 Å². The van der Waals surface area contributed by atoms with Gasteiger partial charge in [0.2, 0.25) is 0 Å². The van der Waals surface area contributed by atoms with Crippen LogP contribution in [0.5, 0.6) is 0 Å². The molecule has 0 spiro atoms. The molecular formula is C15H19FN2O. The monoisotopic (exact) mass is 262 g/mol. The minimum Gasteiger partial charge on any atom is -0.396 e. The van der Waals surface area contributed by atoms with Crippen molar-refractivity contribution in [1.29, 1.82) is 0 Å². The number of anilines is 1. The van der Waals surface area contributed by atoms with Crippen LogP contribution in [-0.4, -0.2) is 22.7 Å². The Labute approximate surface area is 112 Å². The van der Waals surface area contributed by atoms with Crippen LogP contribution in [0.4, 0.5) is 10.1 Å². The smallest absolute Gasteiger partial charge is 0.124 e. The van der Waals surface area contributed by atoms with Gasteiger partial charge in [-0.1, -0.05) is 6.92 Å². The van der Waals surface area contributed by atoms with Crippen molar-refractivity contribution in [3.63, 3.8) is 0 Å². The highest BCUT2D eigenvalue weighted by atomic mass is 19.1. The molecule has 0 aliphatic carbocycles. The summed E-state index contributed by atoms with van der Waals surface area (Å²) in [6.07, 6.45) is 1.58. The number of aryl methyl sites for hydroxylation is 1. The Kier molecular flexibility index (Phi) is 4.32. The summed E-state index contributed by atoms with van der Waals surface area (Å²) in [4.78, 5) is 4.40. The topological polar surface area (TPSA) is 45.1 Å². The van der Waals surface area contributed by atoms with E-state index in [4.69, 9.17) is 5.11 Å². The normalized spacial score (nSPS) is 12.6. The highest BCUT2D eigenvalue weighted by Crippen LogP contribution is 2.25. The molecule has 102 valence electrons. The molecule has 0 radical (unpaired) electrons. The van der Waals surface area contributed by atoms with E-state index in [0.29, 0.717) is 6.42 Å². The Balaban J connectivity index is 2.43. The van der Waals surface area contributed by atoms with Gasteiger partial charge >= 0.3 is 0 Å². The number of halogens is 1. The van der Waals surface area contributed by atoms with E-state index in [2.05, 4.69) is 17.2 Å². The molecule has 0 fully saturated rings. The lowest BCUT2D eigenvalue weighted by Crippen LogP contribution is -2.20. The average Bonchev–Trinajstić information content (AvgIpc) is 2.39. The van der Waals surface area contributed by atoms with Crippen LogP contribution in [0.3, 0.4) is 0 Å². The standard InChI is InChI=1S/C15H19FN2O/c1-3-12(6-7-19)18-15-8-10(2)17-14-5-4-11(16)9-13(14)15/h4-5,8-9,12,19H,3,6-7H2,1-2H3,(H,17,18). The summed E-state index contributed by atoms with van der Waals surface area (Å²) in [5.74, 6) is -0.267. The first-order chi connectivity index (χ1) is 9.13. The van der Waals surface area contributed by atoms with Crippen LogP contribution in [0.1, 0.15) is 25.5 Å². The molecule has 0 bridgehead atoms. The molecule has 0 saturated carbocycles. The molecule has 19 heavy (non-hydrogen) atoms. The molecular weight excluding hydrogens is 243 g/mol. The van der Waals surface area contributed by atoms with Gasteiger partial charge in [-0.05, 0) is 44.0 Å². The number of nitrogens with one attached hydrogen (secondary N) is 1. The minimum atomic E-state index is -0.267. The van der Waals surface area contributed by atoms with Crippen molar-refractivity contribution in [2.45, 2.75) is 32.7 Å². The summed E-state index contributed by atoms with van der Waals surface area (Å²) in [6.45, 7) is 4.12. The quantitative estimate of drug-likeness (QED) is 0.869. The van der Waals surface area contributed by atoms with E-state index in [1.165, 1.54) is 12.1 Å². The summed E-state index contributed by atoms with van der Waals surface area (Å²) in [6, 6.07) is 6.70. The van der Waals surface area contributed by atoms with Gasteiger partial charge in [0.1, 0.15) is 5.82 Å². The Bertz CT molecular complexity index is 571. The summed E-state index contributed by atoms with van der Waals surface area (Å²) in [7, 11) is 0. The molecule has 1 unspecified atom stereocenters. The van der Waals surface area contributed by atoms with Crippen molar-refractivity contribution in [3.05, 3.63) is 35.8 Å². The SMILES string of the molecule is CCC(CCO)Nc1cc(C)nc2ccc(F)cc12. The van der Waals surface area contributed by atoms with Gasteiger partial charge < -0.3 is 10.4 Å². The molecule has 1 aromatic carbocycles. The summed E-state index contributed by atoms with van der Waals surface area (Å²) in [5.41, 5.74) is 2.55. The molecule has 4 heteroatoms. The molecule has 3 nitrogen and oxygen atoms in total. The van der Waals surface area contributed by atoms with Gasteiger partial charge in [-0.2, -0.15) is 0 Å². The van der Waals surface area contributed by atoms with E-state index < -0.39 is 0 Å². The first-order valence-corrected chi connectivity index (χ1v) is 6.58. The lowest BCUT2D eigenvalue weighted by atomic mass is 10.1. The Hall–Kier alpha value is -1.68. The van der Waals surface area contributed by atoms with Gasteiger partial charge in [0.25, 0.3) is 0 Å². The second kappa shape index (κ2) is 5.97. The minimum absolute atomic E-state index is 0.141. The van der Waals surface area contributed by atoms with Crippen molar-refractivity contribution in [2.75, 3.05) is 11.9 Å². The summed E-state index contributed by atoms with van der Waals surface area (Å²) < 4.78 is 13.4. The third-order valence-corrected chi connectivity index (χ3v) is 3.23. The van der Waals surface area contributed by atoms with Crippen LogP contribution < -0.4 is 5.32 Å². The second-order valence-corrected chi connectivity index (χ2v) is 4.73. The number of aromatic nitrogens is 1. The summed E-state index contributed by atoms with van der Waals surface area (Å²) >= 11 is 0. The Morgan fingerprint density at radius 1 is 1.37 bits per heavy atom. The number of pyridine rings is 1. The molecule has 2 rings (SSSR count). The van der Waals surface area contributed by atoms with E-state index in [0.717, 1.165) is 28.7 Å². The molecule has 1 atom stereocenters. The van der Waals surface area contributed by atoms with Crippen molar-refractivity contribution in [1.82, 2.24) is 4.98 Å². The molecule has 1 heterocycles. The molecule has 2 N–H and O–H groups in total.